The number of aromatic nitrogens is 2. The summed E-state index contributed by atoms with van der Waals surface area (Å²) in [7, 11) is 1.87. The molecule has 0 radical (unpaired) electrons. The fourth-order valence-corrected chi connectivity index (χ4v) is 2.85. The maximum Gasteiger partial charge on any atom is 0.191 e. The summed E-state index contributed by atoms with van der Waals surface area (Å²) < 4.78 is 0. The van der Waals surface area contributed by atoms with Crippen molar-refractivity contribution in [1.82, 2.24) is 9.97 Å². The predicted octanol–water partition coefficient (Wildman–Crippen LogP) is 3.34. The van der Waals surface area contributed by atoms with Crippen LogP contribution in [0.15, 0.2) is 28.0 Å². The first-order valence-corrected chi connectivity index (χ1v) is 8.26. The van der Waals surface area contributed by atoms with Gasteiger partial charge in [0, 0.05) is 19.2 Å². The Labute approximate surface area is 122 Å². The van der Waals surface area contributed by atoms with E-state index in [9.17, 15) is 0 Å². The highest BCUT2D eigenvalue weighted by Gasteiger charge is 2.07. The van der Waals surface area contributed by atoms with Crippen molar-refractivity contribution >= 4 is 34.7 Å². The van der Waals surface area contributed by atoms with Gasteiger partial charge in [-0.2, -0.15) is 11.3 Å². The van der Waals surface area contributed by atoms with Crippen molar-refractivity contribution in [2.45, 2.75) is 24.5 Å². The number of nitrogens with zero attached hydrogens (tertiary/aromatic N) is 2. The van der Waals surface area contributed by atoms with Crippen molar-refractivity contribution in [1.29, 1.82) is 0 Å². The minimum Gasteiger partial charge on any atom is -0.373 e. The third-order valence-electron chi connectivity index (χ3n) is 2.66. The number of thioether (sulfide) groups is 1. The number of nitrogens with one attached hydrogen (secondary N) is 2. The van der Waals surface area contributed by atoms with Crippen molar-refractivity contribution in [3.63, 3.8) is 0 Å². The van der Waals surface area contributed by atoms with E-state index in [2.05, 4.69) is 44.4 Å². The Bertz CT molecular complexity index is 491. The van der Waals surface area contributed by atoms with E-state index in [1.807, 2.05) is 19.4 Å². The molecule has 0 aliphatic carbocycles. The van der Waals surface area contributed by atoms with Crippen LogP contribution in [0.1, 0.15) is 12.5 Å². The predicted molar refractivity (Wildman–Crippen MR) is 84.5 cm³/mol. The Balaban J connectivity index is 2.05. The number of thiophene rings is 1. The van der Waals surface area contributed by atoms with E-state index in [0.29, 0.717) is 6.04 Å². The molecule has 0 bridgehead atoms. The number of hydrogen-bond acceptors (Lipinski definition) is 6. The molecule has 2 aromatic heterocycles. The smallest absolute Gasteiger partial charge is 0.191 e. The molecule has 0 aliphatic heterocycles. The van der Waals surface area contributed by atoms with Crippen LogP contribution in [0, 0.1) is 0 Å². The van der Waals surface area contributed by atoms with Crippen molar-refractivity contribution < 1.29 is 0 Å². The molecule has 2 aromatic rings. The van der Waals surface area contributed by atoms with Gasteiger partial charge in [-0.3, -0.25) is 0 Å². The van der Waals surface area contributed by atoms with Gasteiger partial charge in [0.1, 0.15) is 11.6 Å². The van der Waals surface area contributed by atoms with E-state index in [1.54, 1.807) is 23.1 Å². The average Bonchev–Trinajstić information content (AvgIpc) is 2.90. The average molecular weight is 294 g/mol. The Kier molecular flexibility index (Phi) is 5.04. The Hall–Kier alpha value is -1.27. The van der Waals surface area contributed by atoms with E-state index in [0.717, 1.165) is 23.2 Å². The second-order valence-corrected chi connectivity index (χ2v) is 5.81. The summed E-state index contributed by atoms with van der Waals surface area (Å²) in [6.07, 6.45) is 2.98. The van der Waals surface area contributed by atoms with Gasteiger partial charge in [-0.05, 0) is 42.0 Å². The minimum absolute atomic E-state index is 0.337. The molecule has 2 heterocycles. The largest absolute Gasteiger partial charge is 0.373 e. The molecule has 0 saturated heterocycles. The van der Waals surface area contributed by atoms with Crippen LogP contribution in [0.4, 0.5) is 11.6 Å². The zero-order valence-corrected chi connectivity index (χ0v) is 12.9. The minimum atomic E-state index is 0.337. The Morgan fingerprint density at radius 2 is 2.16 bits per heavy atom. The van der Waals surface area contributed by atoms with Crippen molar-refractivity contribution in [2.75, 3.05) is 23.9 Å². The summed E-state index contributed by atoms with van der Waals surface area (Å²) in [6, 6.07) is 4.43. The standard InChI is InChI=1S/C13H18N4S2/c1-9(6-10-4-5-19-8-10)15-12-7-11(14-2)16-13(17-12)18-3/h4-5,7-9H,6H2,1-3H3,(H2,14,15,16,17). The Morgan fingerprint density at radius 3 is 2.79 bits per heavy atom. The highest BCUT2D eigenvalue weighted by molar-refractivity contribution is 7.98. The maximum atomic E-state index is 4.47. The maximum absolute atomic E-state index is 4.47. The topological polar surface area (TPSA) is 49.8 Å². The first kappa shape index (κ1) is 14.1. The molecule has 1 atom stereocenters. The summed E-state index contributed by atoms with van der Waals surface area (Å²) in [4.78, 5) is 8.83. The number of anilines is 2. The molecule has 102 valence electrons. The summed E-state index contributed by atoms with van der Waals surface area (Å²) in [6.45, 7) is 2.16. The van der Waals surface area contributed by atoms with Crippen molar-refractivity contribution in [2.24, 2.45) is 0 Å². The van der Waals surface area contributed by atoms with Crippen LogP contribution in [0.5, 0.6) is 0 Å². The van der Waals surface area contributed by atoms with E-state index < -0.39 is 0 Å². The molecule has 19 heavy (non-hydrogen) atoms. The molecule has 0 spiro atoms. The normalized spacial score (nSPS) is 12.2. The van der Waals surface area contributed by atoms with Gasteiger partial charge in [0.25, 0.3) is 0 Å². The molecule has 1 unspecified atom stereocenters. The van der Waals surface area contributed by atoms with Gasteiger partial charge in [-0.15, -0.1) is 0 Å². The fraction of sp³-hybridized carbons (Fsp3) is 0.385. The quantitative estimate of drug-likeness (QED) is 0.632. The van der Waals surface area contributed by atoms with Gasteiger partial charge < -0.3 is 10.6 Å². The third kappa shape index (κ3) is 4.11. The van der Waals surface area contributed by atoms with Crippen molar-refractivity contribution in [3.05, 3.63) is 28.5 Å². The lowest BCUT2D eigenvalue weighted by atomic mass is 10.1. The fourth-order valence-electron chi connectivity index (χ4n) is 1.78. The van der Waals surface area contributed by atoms with E-state index in [4.69, 9.17) is 0 Å². The highest BCUT2D eigenvalue weighted by Crippen LogP contribution is 2.18. The van der Waals surface area contributed by atoms with Gasteiger partial charge in [-0.1, -0.05) is 11.8 Å². The summed E-state index contributed by atoms with van der Waals surface area (Å²) in [5.41, 5.74) is 1.36. The molecular weight excluding hydrogens is 276 g/mol. The van der Waals surface area contributed by atoms with Crippen LogP contribution in [0.2, 0.25) is 0 Å². The molecule has 2 rings (SSSR count). The lowest BCUT2D eigenvalue weighted by Crippen LogP contribution is -2.19. The van der Waals surface area contributed by atoms with Gasteiger partial charge in [0.2, 0.25) is 0 Å². The van der Waals surface area contributed by atoms with E-state index in [-0.39, 0.29) is 0 Å². The first-order chi connectivity index (χ1) is 9.21. The summed E-state index contributed by atoms with van der Waals surface area (Å²) in [5, 5.41) is 11.6. The molecule has 0 aliphatic rings. The molecular formula is C13H18N4S2. The van der Waals surface area contributed by atoms with Gasteiger partial charge in [0.05, 0.1) is 0 Å². The lowest BCUT2D eigenvalue weighted by molar-refractivity contribution is 0.780. The lowest BCUT2D eigenvalue weighted by Gasteiger charge is -2.15. The van der Waals surface area contributed by atoms with Crippen LogP contribution < -0.4 is 10.6 Å². The van der Waals surface area contributed by atoms with Gasteiger partial charge in [0.15, 0.2) is 5.16 Å². The highest BCUT2D eigenvalue weighted by atomic mass is 32.2. The van der Waals surface area contributed by atoms with Crippen LogP contribution in [-0.2, 0) is 6.42 Å². The summed E-state index contributed by atoms with van der Waals surface area (Å²) in [5.74, 6) is 1.70. The third-order valence-corrected chi connectivity index (χ3v) is 3.94. The second-order valence-electron chi connectivity index (χ2n) is 4.26. The molecule has 0 saturated carbocycles. The molecule has 2 N–H and O–H groups in total. The van der Waals surface area contributed by atoms with Crippen LogP contribution >= 0.6 is 23.1 Å². The molecule has 6 heteroatoms. The van der Waals surface area contributed by atoms with Crippen LogP contribution in [-0.4, -0.2) is 29.3 Å². The van der Waals surface area contributed by atoms with E-state index >= 15 is 0 Å². The monoisotopic (exact) mass is 294 g/mol. The van der Waals surface area contributed by atoms with Gasteiger partial charge in [-0.25, -0.2) is 9.97 Å². The molecule has 0 aromatic carbocycles. The first-order valence-electron chi connectivity index (χ1n) is 6.09. The Morgan fingerprint density at radius 1 is 1.37 bits per heavy atom. The second kappa shape index (κ2) is 6.77. The van der Waals surface area contributed by atoms with Crippen LogP contribution in [0.3, 0.4) is 0 Å². The zero-order valence-electron chi connectivity index (χ0n) is 11.3. The SMILES string of the molecule is CNc1cc(NC(C)Cc2ccsc2)nc(SC)n1. The van der Waals surface area contributed by atoms with Crippen molar-refractivity contribution in [3.8, 4) is 0 Å². The van der Waals surface area contributed by atoms with Crippen LogP contribution in [0.25, 0.3) is 0 Å². The molecule has 4 nitrogen and oxygen atoms in total. The number of hydrogen-bond donors (Lipinski definition) is 2. The molecule has 0 fully saturated rings. The zero-order chi connectivity index (χ0) is 13.7. The van der Waals surface area contributed by atoms with Gasteiger partial charge >= 0.3 is 0 Å². The van der Waals surface area contributed by atoms with E-state index in [1.165, 1.54) is 5.56 Å². The summed E-state index contributed by atoms with van der Waals surface area (Å²) >= 11 is 3.28. The molecule has 0 amide bonds. The number of rotatable bonds is 6.